The lowest BCUT2D eigenvalue weighted by Crippen LogP contribution is -2.32. The van der Waals surface area contributed by atoms with Crippen molar-refractivity contribution >= 4 is 23.4 Å². The van der Waals surface area contributed by atoms with Crippen molar-refractivity contribution in [2.45, 2.75) is 32.8 Å². The highest BCUT2D eigenvalue weighted by atomic mass is 35.5. The zero-order valence-electron chi connectivity index (χ0n) is 12.6. The number of carbonyl (C=O) groups is 1. The summed E-state index contributed by atoms with van der Waals surface area (Å²) in [6.45, 7) is 5.66. The molecule has 0 spiro atoms. The molecule has 1 aromatic rings. The number of rotatable bonds is 3. The van der Waals surface area contributed by atoms with Gasteiger partial charge in [-0.1, -0.05) is 23.4 Å². The van der Waals surface area contributed by atoms with Crippen LogP contribution in [0.4, 0.5) is 10.5 Å². The lowest BCUT2D eigenvalue weighted by atomic mass is 10.2. The van der Waals surface area contributed by atoms with Crippen LogP contribution in [-0.2, 0) is 4.74 Å². The molecule has 0 fully saturated rings. The topological polar surface area (TPSA) is 81.5 Å². The summed E-state index contributed by atoms with van der Waals surface area (Å²) in [6, 6.07) is 4.35. The van der Waals surface area contributed by atoms with Crippen LogP contribution in [0.2, 0.25) is 5.02 Å². The van der Waals surface area contributed by atoms with E-state index in [0.717, 1.165) is 0 Å². The normalized spacial score (nSPS) is 10.4. The summed E-state index contributed by atoms with van der Waals surface area (Å²) >= 11 is 5.71. The van der Waals surface area contributed by atoms with Gasteiger partial charge in [0.25, 0.3) is 5.69 Å². The fraction of sp³-hybridized carbons (Fsp3) is 0.400. The van der Waals surface area contributed by atoms with Gasteiger partial charge in [-0.3, -0.25) is 10.1 Å². The quantitative estimate of drug-likeness (QED) is 0.399. The third-order valence-electron chi connectivity index (χ3n) is 2.29. The Balaban J connectivity index is 2.50. The molecule has 1 amide bonds. The van der Waals surface area contributed by atoms with Crippen LogP contribution in [0.3, 0.4) is 0 Å². The lowest BCUT2D eigenvalue weighted by molar-refractivity contribution is -0.384. The zero-order chi connectivity index (χ0) is 16.8. The molecule has 0 saturated carbocycles. The van der Waals surface area contributed by atoms with E-state index in [0.29, 0.717) is 18.5 Å². The first-order valence-electron chi connectivity index (χ1n) is 6.59. The number of amides is 1. The first-order chi connectivity index (χ1) is 10.2. The summed E-state index contributed by atoms with van der Waals surface area (Å²) < 4.78 is 5.07. The van der Waals surface area contributed by atoms with Gasteiger partial charge < -0.3 is 10.1 Å². The highest BCUT2D eigenvalue weighted by molar-refractivity contribution is 6.32. The molecular weight excluding hydrogens is 308 g/mol. The predicted molar refractivity (Wildman–Crippen MR) is 83.8 cm³/mol. The number of halogens is 1. The standard InChI is InChI=1S/C15H17ClN2O4/c1-15(2,3)22-14(19)17-9-5-4-6-11-7-8-12(16)13(10-11)18(20)21/h7-8,10H,5,9H2,1-3H3,(H,17,19). The van der Waals surface area contributed by atoms with E-state index in [1.807, 2.05) is 0 Å². The van der Waals surface area contributed by atoms with Gasteiger partial charge in [-0.25, -0.2) is 4.79 Å². The second-order valence-electron chi connectivity index (χ2n) is 5.40. The third kappa shape index (κ3) is 6.46. The summed E-state index contributed by atoms with van der Waals surface area (Å²) in [5, 5.41) is 13.4. The van der Waals surface area contributed by atoms with Crippen LogP contribution in [0.1, 0.15) is 32.8 Å². The minimum absolute atomic E-state index is 0.0714. The van der Waals surface area contributed by atoms with Crippen molar-refractivity contribution in [3.8, 4) is 11.8 Å². The number of carbonyl (C=O) groups excluding carboxylic acids is 1. The molecule has 0 aliphatic rings. The molecule has 7 heteroatoms. The number of benzene rings is 1. The number of nitro groups is 1. The Hall–Kier alpha value is -2.26. The third-order valence-corrected chi connectivity index (χ3v) is 2.61. The molecule has 22 heavy (non-hydrogen) atoms. The molecule has 6 nitrogen and oxygen atoms in total. The first-order valence-corrected chi connectivity index (χ1v) is 6.96. The maximum atomic E-state index is 11.4. The molecule has 0 aliphatic heterocycles. The van der Waals surface area contributed by atoms with E-state index in [9.17, 15) is 14.9 Å². The fourth-order valence-electron chi connectivity index (χ4n) is 1.44. The highest BCUT2D eigenvalue weighted by Gasteiger charge is 2.15. The van der Waals surface area contributed by atoms with Crippen molar-refractivity contribution in [2.75, 3.05) is 6.54 Å². The number of hydrogen-bond acceptors (Lipinski definition) is 4. The average molecular weight is 325 g/mol. The Morgan fingerprint density at radius 3 is 2.73 bits per heavy atom. The molecule has 0 heterocycles. The van der Waals surface area contributed by atoms with Crippen LogP contribution in [0.15, 0.2) is 18.2 Å². The second kappa shape index (κ2) is 7.66. The van der Waals surface area contributed by atoms with Crippen LogP contribution in [0, 0.1) is 22.0 Å². The average Bonchev–Trinajstić information content (AvgIpc) is 2.37. The van der Waals surface area contributed by atoms with Crippen molar-refractivity contribution in [3.05, 3.63) is 38.9 Å². The lowest BCUT2D eigenvalue weighted by Gasteiger charge is -2.19. The Morgan fingerprint density at radius 1 is 1.45 bits per heavy atom. The number of nitrogens with one attached hydrogen (secondary N) is 1. The molecular formula is C15H17ClN2O4. The van der Waals surface area contributed by atoms with Gasteiger partial charge in [0.05, 0.1) is 4.92 Å². The number of nitrogens with zero attached hydrogens (tertiary/aromatic N) is 1. The van der Waals surface area contributed by atoms with Gasteiger partial charge in [0.15, 0.2) is 0 Å². The maximum Gasteiger partial charge on any atom is 0.407 e. The molecule has 0 atom stereocenters. The minimum Gasteiger partial charge on any atom is -0.444 e. The van der Waals surface area contributed by atoms with Gasteiger partial charge in [0.1, 0.15) is 10.6 Å². The molecule has 0 bridgehead atoms. The zero-order valence-corrected chi connectivity index (χ0v) is 13.4. The van der Waals surface area contributed by atoms with Crippen LogP contribution in [-0.4, -0.2) is 23.2 Å². The Bertz CT molecular complexity index is 627. The van der Waals surface area contributed by atoms with Gasteiger partial charge in [-0.2, -0.15) is 0 Å². The van der Waals surface area contributed by atoms with Crippen LogP contribution in [0.5, 0.6) is 0 Å². The summed E-state index contributed by atoms with van der Waals surface area (Å²) in [4.78, 5) is 21.6. The van der Waals surface area contributed by atoms with E-state index >= 15 is 0 Å². The van der Waals surface area contributed by atoms with Crippen LogP contribution >= 0.6 is 11.6 Å². The van der Waals surface area contributed by atoms with Gasteiger partial charge in [0, 0.05) is 24.6 Å². The van der Waals surface area contributed by atoms with Gasteiger partial charge in [-0.15, -0.1) is 0 Å². The van der Waals surface area contributed by atoms with E-state index in [1.165, 1.54) is 12.1 Å². The van der Waals surface area contributed by atoms with Crippen molar-refractivity contribution in [2.24, 2.45) is 0 Å². The molecule has 0 unspecified atom stereocenters. The van der Waals surface area contributed by atoms with Gasteiger partial charge >= 0.3 is 6.09 Å². The van der Waals surface area contributed by atoms with E-state index in [1.54, 1.807) is 26.8 Å². The van der Waals surface area contributed by atoms with E-state index in [-0.39, 0.29) is 10.7 Å². The van der Waals surface area contributed by atoms with Crippen molar-refractivity contribution in [1.82, 2.24) is 5.32 Å². The SMILES string of the molecule is CC(C)(C)OC(=O)NCCC#Cc1ccc(Cl)c([N+](=O)[O-])c1. The summed E-state index contributed by atoms with van der Waals surface area (Å²) in [5.41, 5.74) is -0.230. The summed E-state index contributed by atoms with van der Waals surface area (Å²) in [6.07, 6.45) is -0.105. The molecule has 0 radical (unpaired) electrons. The van der Waals surface area contributed by atoms with Crippen LogP contribution < -0.4 is 5.32 Å². The Kier molecular flexibility index (Phi) is 6.20. The number of nitro benzene ring substituents is 1. The summed E-state index contributed by atoms with van der Waals surface area (Å²) in [7, 11) is 0. The maximum absolute atomic E-state index is 11.4. The first kappa shape index (κ1) is 17.8. The van der Waals surface area contributed by atoms with E-state index in [2.05, 4.69) is 17.2 Å². The Labute approximate surface area is 133 Å². The molecule has 0 aliphatic carbocycles. The van der Waals surface area contributed by atoms with E-state index < -0.39 is 16.6 Å². The molecule has 1 aromatic carbocycles. The smallest absolute Gasteiger partial charge is 0.407 e. The number of hydrogen-bond donors (Lipinski definition) is 1. The fourth-order valence-corrected chi connectivity index (χ4v) is 1.62. The number of ether oxygens (including phenoxy) is 1. The largest absolute Gasteiger partial charge is 0.444 e. The van der Waals surface area contributed by atoms with Gasteiger partial charge in [0.2, 0.25) is 0 Å². The van der Waals surface area contributed by atoms with Crippen molar-refractivity contribution in [3.63, 3.8) is 0 Å². The van der Waals surface area contributed by atoms with Crippen LogP contribution in [0.25, 0.3) is 0 Å². The van der Waals surface area contributed by atoms with E-state index in [4.69, 9.17) is 16.3 Å². The highest BCUT2D eigenvalue weighted by Crippen LogP contribution is 2.24. The van der Waals surface area contributed by atoms with Crippen molar-refractivity contribution in [1.29, 1.82) is 0 Å². The monoisotopic (exact) mass is 324 g/mol. The summed E-state index contributed by atoms with van der Waals surface area (Å²) in [5.74, 6) is 5.60. The predicted octanol–water partition coefficient (Wildman–Crippen LogP) is 3.51. The molecule has 1 rings (SSSR count). The molecule has 1 N–H and O–H groups in total. The molecule has 0 aromatic heterocycles. The number of alkyl carbamates (subject to hydrolysis) is 1. The molecule has 0 saturated heterocycles. The second-order valence-corrected chi connectivity index (χ2v) is 5.81. The van der Waals surface area contributed by atoms with Crippen molar-refractivity contribution < 1.29 is 14.5 Å². The van der Waals surface area contributed by atoms with Gasteiger partial charge in [-0.05, 0) is 32.9 Å². The minimum atomic E-state index is -0.558. The molecule has 118 valence electrons. The Morgan fingerprint density at radius 2 is 2.14 bits per heavy atom.